The summed E-state index contributed by atoms with van der Waals surface area (Å²) in [5, 5.41) is 9.55. The summed E-state index contributed by atoms with van der Waals surface area (Å²) in [4.78, 5) is 37.4. The number of aliphatic carboxylic acids is 1. The first-order chi connectivity index (χ1) is 11.1. The maximum absolute atomic E-state index is 12.3. The summed E-state index contributed by atoms with van der Waals surface area (Å²) >= 11 is 0. The number of nitrogens with zero attached hydrogens (tertiary/aromatic N) is 1. The average Bonchev–Trinajstić information content (AvgIpc) is 2.50. The van der Waals surface area contributed by atoms with Gasteiger partial charge in [0.1, 0.15) is 18.1 Å². The van der Waals surface area contributed by atoms with E-state index in [4.69, 9.17) is 9.47 Å². The van der Waals surface area contributed by atoms with E-state index in [9.17, 15) is 19.5 Å². The summed E-state index contributed by atoms with van der Waals surface area (Å²) in [6, 6.07) is 0. The van der Waals surface area contributed by atoms with Gasteiger partial charge in [0.15, 0.2) is 0 Å². The molecule has 0 spiro atoms. The van der Waals surface area contributed by atoms with E-state index in [1.165, 1.54) is 20.8 Å². The van der Waals surface area contributed by atoms with Crippen LogP contribution in [0.15, 0.2) is 0 Å². The van der Waals surface area contributed by atoms with E-state index in [0.29, 0.717) is 6.54 Å². The second-order valence-corrected chi connectivity index (χ2v) is 6.06. The first kappa shape index (κ1) is 22.4. The van der Waals surface area contributed by atoms with E-state index in [2.05, 4.69) is 4.90 Å². The monoisotopic (exact) mass is 345 g/mol. The van der Waals surface area contributed by atoms with Crippen molar-refractivity contribution < 1.29 is 29.0 Å². The number of carbonyl (C=O) groups excluding carboxylic acids is 2. The Morgan fingerprint density at radius 3 is 2.08 bits per heavy atom. The average molecular weight is 345 g/mol. The third kappa shape index (κ3) is 6.47. The summed E-state index contributed by atoms with van der Waals surface area (Å²) in [6.07, 6.45) is 0.278. The normalized spacial score (nSPS) is 16.1. The van der Waals surface area contributed by atoms with Gasteiger partial charge < -0.3 is 19.5 Å². The number of hydrogen-bond donors (Lipinski definition) is 1. The molecule has 0 aromatic rings. The summed E-state index contributed by atoms with van der Waals surface area (Å²) in [5.41, 5.74) is -1.27. The van der Waals surface area contributed by atoms with Crippen molar-refractivity contribution in [3.05, 3.63) is 0 Å². The molecule has 0 heterocycles. The lowest BCUT2D eigenvalue weighted by molar-refractivity contribution is -0.180. The van der Waals surface area contributed by atoms with Gasteiger partial charge in [0.2, 0.25) is 0 Å². The van der Waals surface area contributed by atoms with Crippen LogP contribution in [-0.2, 0) is 23.9 Å². The van der Waals surface area contributed by atoms with Crippen molar-refractivity contribution in [1.82, 2.24) is 4.90 Å². The number of carboxylic acid groups (broad SMARTS) is 1. The van der Waals surface area contributed by atoms with Crippen LogP contribution in [-0.4, -0.2) is 59.8 Å². The molecular formula is C17H31NO6. The number of likely N-dealkylation sites (N-methyl/N-ethyl adjacent to an activating group) is 1. The Morgan fingerprint density at radius 1 is 1.17 bits per heavy atom. The van der Waals surface area contributed by atoms with Gasteiger partial charge in [-0.15, -0.1) is 0 Å². The lowest BCUT2D eigenvalue weighted by Crippen LogP contribution is -2.48. The lowest BCUT2D eigenvalue weighted by Gasteiger charge is -2.36. The minimum absolute atomic E-state index is 0.202. The minimum Gasteiger partial charge on any atom is -0.481 e. The Labute approximate surface area is 144 Å². The topological polar surface area (TPSA) is 93.1 Å². The predicted molar refractivity (Wildman–Crippen MR) is 89.5 cm³/mol. The maximum Gasteiger partial charge on any atom is 0.311 e. The smallest absolute Gasteiger partial charge is 0.311 e. The molecule has 0 saturated heterocycles. The van der Waals surface area contributed by atoms with Gasteiger partial charge in [-0.1, -0.05) is 27.7 Å². The predicted octanol–water partition coefficient (Wildman–Crippen LogP) is 1.94. The SMILES string of the molecule is CCN(CC)CCOC(=O)C(C)C(C(=O)O)C(C)(CC)OC(C)=O. The van der Waals surface area contributed by atoms with E-state index in [1.54, 1.807) is 6.92 Å². The van der Waals surface area contributed by atoms with E-state index in [0.717, 1.165) is 13.1 Å². The molecule has 140 valence electrons. The molecule has 3 unspecified atom stereocenters. The molecular weight excluding hydrogens is 314 g/mol. The quantitative estimate of drug-likeness (QED) is 0.572. The van der Waals surface area contributed by atoms with E-state index in [1.807, 2.05) is 13.8 Å². The Hall–Kier alpha value is -1.63. The van der Waals surface area contributed by atoms with Crippen LogP contribution in [0.3, 0.4) is 0 Å². The van der Waals surface area contributed by atoms with E-state index < -0.39 is 35.3 Å². The van der Waals surface area contributed by atoms with Crippen LogP contribution >= 0.6 is 0 Å². The van der Waals surface area contributed by atoms with Crippen molar-refractivity contribution in [1.29, 1.82) is 0 Å². The van der Waals surface area contributed by atoms with Crippen LogP contribution in [0.1, 0.15) is 48.0 Å². The number of carbonyl (C=O) groups is 3. The third-order valence-corrected chi connectivity index (χ3v) is 4.42. The standard InChI is InChI=1S/C17H31NO6/c1-7-17(6,24-13(5)19)14(15(20)21)12(4)16(22)23-11-10-18(8-2)9-3/h12,14H,7-11H2,1-6H3,(H,20,21). The van der Waals surface area contributed by atoms with Crippen molar-refractivity contribution >= 4 is 17.9 Å². The first-order valence-electron chi connectivity index (χ1n) is 8.44. The molecule has 7 heteroatoms. The van der Waals surface area contributed by atoms with Crippen molar-refractivity contribution in [2.24, 2.45) is 11.8 Å². The molecule has 0 aromatic heterocycles. The largest absolute Gasteiger partial charge is 0.481 e. The minimum atomic E-state index is -1.27. The molecule has 0 rings (SSSR count). The number of esters is 2. The summed E-state index contributed by atoms with van der Waals surface area (Å²) in [5.74, 6) is -4.46. The van der Waals surface area contributed by atoms with E-state index in [-0.39, 0.29) is 13.0 Å². The van der Waals surface area contributed by atoms with Crippen LogP contribution in [0.2, 0.25) is 0 Å². The highest BCUT2D eigenvalue weighted by atomic mass is 16.6. The third-order valence-electron chi connectivity index (χ3n) is 4.42. The van der Waals surface area contributed by atoms with Gasteiger partial charge in [0.05, 0.1) is 5.92 Å². The highest BCUT2D eigenvalue weighted by Gasteiger charge is 2.47. The number of hydrogen-bond acceptors (Lipinski definition) is 6. The van der Waals surface area contributed by atoms with Gasteiger partial charge in [-0.3, -0.25) is 14.4 Å². The van der Waals surface area contributed by atoms with Crippen molar-refractivity contribution in [2.75, 3.05) is 26.2 Å². The fourth-order valence-corrected chi connectivity index (χ4v) is 2.77. The zero-order valence-corrected chi connectivity index (χ0v) is 15.6. The summed E-state index contributed by atoms with van der Waals surface area (Å²) < 4.78 is 10.5. The highest BCUT2D eigenvalue weighted by molar-refractivity contribution is 5.82. The molecule has 3 atom stereocenters. The molecule has 0 radical (unpaired) electrons. The van der Waals surface area contributed by atoms with Gasteiger partial charge in [-0.05, 0) is 26.4 Å². The first-order valence-corrected chi connectivity index (χ1v) is 8.44. The van der Waals surface area contributed by atoms with Crippen LogP contribution in [0.5, 0.6) is 0 Å². The second-order valence-electron chi connectivity index (χ2n) is 6.06. The molecule has 0 bridgehead atoms. The molecule has 0 amide bonds. The lowest BCUT2D eigenvalue weighted by atomic mass is 9.78. The molecule has 1 N–H and O–H groups in total. The number of ether oxygens (including phenoxy) is 2. The number of rotatable bonds is 11. The van der Waals surface area contributed by atoms with Crippen LogP contribution in [0.25, 0.3) is 0 Å². The molecule has 0 saturated carbocycles. The summed E-state index contributed by atoms with van der Waals surface area (Å²) in [7, 11) is 0. The maximum atomic E-state index is 12.3. The molecule has 0 fully saturated rings. The fraction of sp³-hybridized carbons (Fsp3) is 0.824. The van der Waals surface area contributed by atoms with Crippen LogP contribution in [0.4, 0.5) is 0 Å². The molecule has 24 heavy (non-hydrogen) atoms. The van der Waals surface area contributed by atoms with Gasteiger partial charge in [0.25, 0.3) is 0 Å². The Bertz CT molecular complexity index is 435. The Balaban J connectivity index is 5.01. The van der Waals surface area contributed by atoms with Crippen molar-refractivity contribution in [3.8, 4) is 0 Å². The Morgan fingerprint density at radius 2 is 1.71 bits per heavy atom. The summed E-state index contributed by atoms with van der Waals surface area (Å²) in [6.45, 7) is 12.5. The van der Waals surface area contributed by atoms with Gasteiger partial charge >= 0.3 is 17.9 Å². The van der Waals surface area contributed by atoms with Gasteiger partial charge in [-0.25, -0.2) is 0 Å². The fourth-order valence-electron chi connectivity index (χ4n) is 2.77. The molecule has 0 aliphatic heterocycles. The molecule has 7 nitrogen and oxygen atoms in total. The molecule has 0 aliphatic rings. The van der Waals surface area contributed by atoms with E-state index >= 15 is 0 Å². The van der Waals surface area contributed by atoms with Gasteiger partial charge in [0, 0.05) is 13.5 Å². The van der Waals surface area contributed by atoms with Gasteiger partial charge in [-0.2, -0.15) is 0 Å². The van der Waals surface area contributed by atoms with Crippen molar-refractivity contribution in [2.45, 2.75) is 53.6 Å². The van der Waals surface area contributed by atoms with Crippen LogP contribution in [0, 0.1) is 11.8 Å². The van der Waals surface area contributed by atoms with Crippen molar-refractivity contribution in [3.63, 3.8) is 0 Å². The molecule has 0 aliphatic carbocycles. The molecule has 0 aromatic carbocycles. The Kier molecular flexibility index (Phi) is 9.58. The zero-order valence-electron chi connectivity index (χ0n) is 15.6. The zero-order chi connectivity index (χ0) is 18.9. The van der Waals surface area contributed by atoms with Crippen LogP contribution < -0.4 is 0 Å². The number of carboxylic acids is 1. The second kappa shape index (κ2) is 10.3. The highest BCUT2D eigenvalue weighted by Crippen LogP contribution is 2.33.